The van der Waals surface area contributed by atoms with Crippen LogP contribution in [0.2, 0.25) is 0 Å². The Bertz CT molecular complexity index is 587. The first-order chi connectivity index (χ1) is 9.08. The van der Waals surface area contributed by atoms with Gasteiger partial charge in [0.2, 0.25) is 0 Å². The summed E-state index contributed by atoms with van der Waals surface area (Å²) < 4.78 is 4.90. The van der Waals surface area contributed by atoms with Gasteiger partial charge in [-0.3, -0.25) is 15.1 Å². The number of rotatable bonds is 4. The van der Waals surface area contributed by atoms with E-state index in [-0.39, 0.29) is 23.8 Å². The summed E-state index contributed by atoms with van der Waals surface area (Å²) in [4.78, 5) is 25.6. The summed E-state index contributed by atoms with van der Waals surface area (Å²) in [5, 5.41) is 20.1. The van der Waals surface area contributed by atoms with Gasteiger partial charge < -0.3 is 9.84 Å². The number of nitro benzene ring substituents is 1. The van der Waals surface area contributed by atoms with Gasteiger partial charge in [0, 0.05) is 18.3 Å². The molecule has 0 aliphatic rings. The van der Waals surface area contributed by atoms with Crippen LogP contribution in [0.4, 0.5) is 5.69 Å². The quantitative estimate of drug-likeness (QED) is 0.401. The molecule has 9 heteroatoms. The normalized spacial score (nSPS) is 11.2. The van der Waals surface area contributed by atoms with Crippen molar-refractivity contribution in [3.63, 3.8) is 0 Å². The van der Waals surface area contributed by atoms with Crippen molar-refractivity contribution in [2.45, 2.75) is 6.10 Å². The molecule has 7 nitrogen and oxygen atoms in total. The number of ether oxygens (including phenoxy) is 1. The van der Waals surface area contributed by atoms with Gasteiger partial charge in [-0.2, -0.15) is 0 Å². The third kappa shape index (κ3) is 3.73. The molecular weight excluding hydrogens is 308 g/mol. The maximum absolute atomic E-state index is 11.6. The minimum absolute atomic E-state index is 0. The molecule has 0 bridgehead atoms. The second kappa shape index (κ2) is 6.94. The molecule has 0 amide bonds. The average Bonchev–Trinajstić information content (AvgIpc) is 2.92. The van der Waals surface area contributed by atoms with E-state index in [1.54, 1.807) is 0 Å². The largest absolute Gasteiger partial charge is 0.424 e. The van der Waals surface area contributed by atoms with Crippen molar-refractivity contribution in [1.29, 1.82) is 0 Å². The fourth-order valence-electron chi connectivity index (χ4n) is 1.28. The van der Waals surface area contributed by atoms with Gasteiger partial charge in [0.25, 0.3) is 5.69 Å². The second-order valence-corrected chi connectivity index (χ2v) is 4.40. The molecule has 1 aromatic carbocycles. The number of aliphatic hydroxyl groups excluding tert-OH is 1. The van der Waals surface area contributed by atoms with Crippen LogP contribution in [0.1, 0.15) is 11.0 Å². The minimum Gasteiger partial charge on any atom is -0.424 e. The number of carbonyl (C=O) groups is 1. The third-order valence-electron chi connectivity index (χ3n) is 2.21. The van der Waals surface area contributed by atoms with E-state index in [0.29, 0.717) is 4.88 Å². The standard InChI is InChI=1S/C11H8N2O5S.ClH/c14-10(9-5-12-6-19-9)11(15)18-8-3-1-7(2-4-8)13(16)17;/h1-6,10,14H;1H. The molecule has 0 aliphatic carbocycles. The molecule has 0 spiro atoms. The molecule has 1 heterocycles. The number of halogens is 1. The van der Waals surface area contributed by atoms with Gasteiger partial charge in [0.15, 0.2) is 6.10 Å². The Kier molecular flexibility index (Phi) is 5.56. The van der Waals surface area contributed by atoms with Gasteiger partial charge in [-0.05, 0) is 12.1 Å². The molecule has 2 rings (SSSR count). The van der Waals surface area contributed by atoms with E-state index in [9.17, 15) is 20.0 Å². The summed E-state index contributed by atoms with van der Waals surface area (Å²) >= 11 is 1.13. The lowest BCUT2D eigenvalue weighted by molar-refractivity contribution is -0.384. The van der Waals surface area contributed by atoms with E-state index in [1.165, 1.54) is 36.0 Å². The monoisotopic (exact) mass is 316 g/mol. The SMILES string of the molecule is Cl.O=C(Oc1ccc([N+](=O)[O-])cc1)C(O)c1cncs1. The van der Waals surface area contributed by atoms with Crippen molar-refractivity contribution in [3.8, 4) is 5.75 Å². The first kappa shape index (κ1) is 16.0. The molecule has 0 fully saturated rings. The van der Waals surface area contributed by atoms with Gasteiger partial charge in [0.1, 0.15) is 5.75 Å². The summed E-state index contributed by atoms with van der Waals surface area (Å²) in [6.07, 6.45) is -0.0467. The Hall–Kier alpha value is -2.03. The highest BCUT2D eigenvalue weighted by Gasteiger charge is 2.21. The molecular formula is C11H9ClN2O5S. The van der Waals surface area contributed by atoms with Crippen molar-refractivity contribution in [3.05, 3.63) is 51.0 Å². The number of nitrogens with zero attached hydrogens (tertiary/aromatic N) is 2. The predicted molar refractivity (Wildman–Crippen MR) is 73.1 cm³/mol. The van der Waals surface area contributed by atoms with Crippen LogP contribution in [-0.4, -0.2) is 21.0 Å². The predicted octanol–water partition coefficient (Wildman–Crippen LogP) is 2.11. The molecule has 0 saturated heterocycles. The summed E-state index contributed by atoms with van der Waals surface area (Å²) in [6, 6.07) is 4.99. The third-order valence-corrected chi connectivity index (χ3v) is 3.04. The Morgan fingerprint density at radius 2 is 2.05 bits per heavy atom. The van der Waals surface area contributed by atoms with Gasteiger partial charge in [0.05, 0.1) is 15.3 Å². The number of carbonyl (C=O) groups excluding carboxylic acids is 1. The van der Waals surface area contributed by atoms with Gasteiger partial charge in [-0.25, -0.2) is 4.79 Å². The Balaban J connectivity index is 0.00000200. The summed E-state index contributed by atoms with van der Waals surface area (Å²) in [7, 11) is 0. The Morgan fingerprint density at radius 3 is 2.55 bits per heavy atom. The van der Waals surface area contributed by atoms with Crippen LogP contribution in [0.3, 0.4) is 0 Å². The maximum Gasteiger partial charge on any atom is 0.345 e. The van der Waals surface area contributed by atoms with Crippen LogP contribution in [0.25, 0.3) is 0 Å². The van der Waals surface area contributed by atoms with Crippen LogP contribution < -0.4 is 4.74 Å². The molecule has 0 radical (unpaired) electrons. The van der Waals surface area contributed by atoms with Crippen LogP contribution in [-0.2, 0) is 4.79 Å². The van der Waals surface area contributed by atoms with E-state index >= 15 is 0 Å². The van der Waals surface area contributed by atoms with Crippen LogP contribution in [0, 0.1) is 10.1 Å². The second-order valence-electron chi connectivity index (χ2n) is 3.48. The molecule has 1 aromatic heterocycles. The number of benzene rings is 1. The molecule has 2 aromatic rings. The summed E-state index contributed by atoms with van der Waals surface area (Å²) in [5.41, 5.74) is 1.38. The van der Waals surface area contributed by atoms with Crippen molar-refractivity contribution < 1.29 is 19.6 Å². The number of non-ortho nitro benzene ring substituents is 1. The number of esters is 1. The lowest BCUT2D eigenvalue weighted by atomic mass is 10.3. The highest BCUT2D eigenvalue weighted by atomic mass is 35.5. The van der Waals surface area contributed by atoms with Crippen LogP contribution >= 0.6 is 23.7 Å². The smallest absolute Gasteiger partial charge is 0.345 e. The van der Waals surface area contributed by atoms with E-state index in [2.05, 4.69) is 4.98 Å². The van der Waals surface area contributed by atoms with Crippen molar-refractivity contribution >= 4 is 35.4 Å². The number of hydrogen-bond donors (Lipinski definition) is 1. The zero-order chi connectivity index (χ0) is 13.8. The molecule has 1 atom stereocenters. The average molecular weight is 317 g/mol. The highest BCUT2D eigenvalue weighted by molar-refractivity contribution is 7.09. The Labute approximate surface area is 123 Å². The first-order valence-corrected chi connectivity index (χ1v) is 5.98. The molecule has 1 unspecified atom stereocenters. The van der Waals surface area contributed by atoms with Crippen LogP contribution in [0.5, 0.6) is 5.75 Å². The van der Waals surface area contributed by atoms with E-state index in [0.717, 1.165) is 11.3 Å². The fraction of sp³-hybridized carbons (Fsp3) is 0.0909. The first-order valence-electron chi connectivity index (χ1n) is 5.10. The maximum atomic E-state index is 11.6. The molecule has 106 valence electrons. The van der Waals surface area contributed by atoms with E-state index in [4.69, 9.17) is 4.74 Å². The molecule has 0 aliphatic heterocycles. The van der Waals surface area contributed by atoms with Crippen molar-refractivity contribution in [2.75, 3.05) is 0 Å². The lowest BCUT2D eigenvalue weighted by Gasteiger charge is -2.07. The van der Waals surface area contributed by atoms with Gasteiger partial charge in [-0.15, -0.1) is 23.7 Å². The summed E-state index contributed by atoms with van der Waals surface area (Å²) in [5.74, 6) is -0.739. The lowest BCUT2D eigenvalue weighted by Crippen LogP contribution is -2.17. The van der Waals surface area contributed by atoms with E-state index in [1.807, 2.05) is 0 Å². The fourth-order valence-corrected chi connectivity index (χ4v) is 1.87. The number of nitro groups is 1. The number of thiazole rings is 1. The topological polar surface area (TPSA) is 103 Å². The van der Waals surface area contributed by atoms with Crippen molar-refractivity contribution in [2.24, 2.45) is 0 Å². The zero-order valence-electron chi connectivity index (χ0n) is 9.83. The van der Waals surface area contributed by atoms with Crippen molar-refractivity contribution in [1.82, 2.24) is 4.98 Å². The molecule has 1 N–H and O–H groups in total. The van der Waals surface area contributed by atoms with Gasteiger partial charge >= 0.3 is 5.97 Å². The van der Waals surface area contributed by atoms with Crippen LogP contribution in [0.15, 0.2) is 36.0 Å². The minimum atomic E-state index is -1.41. The molecule has 0 saturated carbocycles. The summed E-state index contributed by atoms with van der Waals surface area (Å²) in [6.45, 7) is 0. The number of aliphatic hydroxyl groups is 1. The highest BCUT2D eigenvalue weighted by Crippen LogP contribution is 2.22. The Morgan fingerprint density at radius 1 is 1.40 bits per heavy atom. The van der Waals surface area contributed by atoms with E-state index < -0.39 is 17.0 Å². The molecule has 20 heavy (non-hydrogen) atoms. The zero-order valence-corrected chi connectivity index (χ0v) is 11.5. The van der Waals surface area contributed by atoms with Gasteiger partial charge in [-0.1, -0.05) is 0 Å². The number of aromatic nitrogens is 1. The number of hydrogen-bond acceptors (Lipinski definition) is 7.